The molecular weight excluding hydrogens is 492 g/mol. The van der Waals surface area contributed by atoms with Crippen LogP contribution in [0.15, 0.2) is 71.7 Å². The van der Waals surface area contributed by atoms with Crippen LogP contribution in [0.3, 0.4) is 0 Å². The van der Waals surface area contributed by atoms with Crippen LogP contribution in [0.5, 0.6) is 11.5 Å². The zero-order chi connectivity index (χ0) is 26.3. The molecule has 2 heterocycles. The summed E-state index contributed by atoms with van der Waals surface area (Å²) in [6, 6.07) is 19.0. The zero-order valence-corrected chi connectivity index (χ0v) is 21.5. The van der Waals surface area contributed by atoms with Crippen LogP contribution in [0.1, 0.15) is 41.3 Å². The Labute approximate surface area is 219 Å². The fourth-order valence-corrected chi connectivity index (χ4v) is 4.82. The van der Waals surface area contributed by atoms with Crippen molar-refractivity contribution >= 4 is 23.3 Å². The number of methoxy groups -OCH3 is 2. The van der Waals surface area contributed by atoms with Crippen LogP contribution in [0.25, 0.3) is 5.69 Å². The number of rotatable bonds is 6. The predicted molar refractivity (Wildman–Crippen MR) is 140 cm³/mol. The van der Waals surface area contributed by atoms with E-state index >= 15 is 0 Å². The number of carboxylic acid groups (broad SMARTS) is 1. The summed E-state index contributed by atoms with van der Waals surface area (Å²) >= 11 is 6.18. The summed E-state index contributed by atoms with van der Waals surface area (Å²) < 4.78 is 12.7. The van der Waals surface area contributed by atoms with Crippen LogP contribution >= 0.6 is 11.6 Å². The molecule has 188 valence electrons. The van der Waals surface area contributed by atoms with Gasteiger partial charge in [0.05, 0.1) is 25.6 Å². The van der Waals surface area contributed by atoms with Gasteiger partial charge in [0.2, 0.25) is 0 Å². The molecule has 0 fully saturated rings. The maximum atomic E-state index is 13.1. The normalized spacial score (nSPS) is 16.0. The van der Waals surface area contributed by atoms with Crippen LogP contribution in [-0.2, 0) is 10.2 Å². The number of halogens is 1. The minimum absolute atomic E-state index is 0.425. The summed E-state index contributed by atoms with van der Waals surface area (Å²) in [5.41, 5.74) is 1.98. The second-order valence-corrected chi connectivity index (χ2v) is 9.38. The number of aliphatic imine (C=N–C) groups is 1. The molecule has 1 aliphatic heterocycles. The van der Waals surface area contributed by atoms with E-state index in [1.54, 1.807) is 57.5 Å². The van der Waals surface area contributed by atoms with Crippen LogP contribution in [0.4, 0.5) is 0 Å². The third kappa shape index (κ3) is 4.03. The third-order valence-electron chi connectivity index (χ3n) is 6.85. The van der Waals surface area contributed by atoms with E-state index in [1.165, 1.54) is 0 Å². The number of carbonyl (C=O) groups is 1. The number of hydrogen-bond acceptors (Lipinski definition) is 6. The quantitative estimate of drug-likeness (QED) is 0.379. The molecule has 1 aliphatic rings. The van der Waals surface area contributed by atoms with E-state index in [0.29, 0.717) is 39.4 Å². The number of carboxylic acids is 1. The van der Waals surface area contributed by atoms with E-state index in [1.807, 2.05) is 41.8 Å². The molecule has 8 nitrogen and oxygen atoms in total. The Balaban J connectivity index is 1.85. The van der Waals surface area contributed by atoms with E-state index < -0.39 is 17.4 Å². The fourth-order valence-electron chi connectivity index (χ4n) is 4.70. The van der Waals surface area contributed by atoms with Gasteiger partial charge in [-0.15, -0.1) is 10.2 Å². The van der Waals surface area contributed by atoms with Crippen molar-refractivity contribution in [3.8, 4) is 17.2 Å². The van der Waals surface area contributed by atoms with Crippen molar-refractivity contribution in [2.75, 3.05) is 14.2 Å². The molecule has 0 aliphatic carbocycles. The minimum atomic E-state index is -1.49. The predicted octanol–water partition coefficient (Wildman–Crippen LogP) is 5.18. The molecular formula is C28H25ClN4O4. The first kappa shape index (κ1) is 24.5. The van der Waals surface area contributed by atoms with Crippen LogP contribution in [-0.4, -0.2) is 45.8 Å². The lowest BCUT2D eigenvalue weighted by molar-refractivity contribution is -0.144. The van der Waals surface area contributed by atoms with Gasteiger partial charge in [0.25, 0.3) is 0 Å². The maximum absolute atomic E-state index is 13.1. The number of aliphatic carboxylic acids is 1. The Hall–Kier alpha value is -4.17. The Bertz CT molecular complexity index is 1510. The molecule has 1 aromatic heterocycles. The number of fused-ring (bicyclic) bond motifs is 3. The Morgan fingerprint density at radius 1 is 0.973 bits per heavy atom. The maximum Gasteiger partial charge on any atom is 0.316 e. The van der Waals surface area contributed by atoms with E-state index in [-0.39, 0.29) is 0 Å². The molecule has 0 spiro atoms. The number of benzene rings is 3. The smallest absolute Gasteiger partial charge is 0.316 e. The molecule has 1 N–H and O–H groups in total. The lowest BCUT2D eigenvalue weighted by Crippen LogP contribution is -2.39. The molecule has 2 atom stereocenters. The largest absolute Gasteiger partial charge is 0.497 e. The number of aromatic nitrogens is 3. The van der Waals surface area contributed by atoms with Gasteiger partial charge in [-0.1, -0.05) is 35.9 Å². The van der Waals surface area contributed by atoms with Crippen molar-refractivity contribution in [3.63, 3.8) is 0 Å². The fraction of sp³-hybridized carbons (Fsp3) is 0.214. The Kier molecular flexibility index (Phi) is 6.21. The van der Waals surface area contributed by atoms with Crippen LogP contribution in [0, 0.1) is 6.92 Å². The monoisotopic (exact) mass is 516 g/mol. The highest BCUT2D eigenvalue weighted by atomic mass is 35.5. The van der Waals surface area contributed by atoms with Gasteiger partial charge in [-0.3, -0.25) is 14.4 Å². The van der Waals surface area contributed by atoms with E-state index in [9.17, 15) is 9.90 Å². The summed E-state index contributed by atoms with van der Waals surface area (Å²) in [7, 11) is 3.16. The zero-order valence-electron chi connectivity index (χ0n) is 20.8. The van der Waals surface area contributed by atoms with Gasteiger partial charge in [-0.2, -0.15) is 0 Å². The van der Waals surface area contributed by atoms with Crippen molar-refractivity contribution in [2.45, 2.75) is 25.3 Å². The highest BCUT2D eigenvalue weighted by molar-refractivity contribution is 6.30. The molecule has 0 radical (unpaired) electrons. The Morgan fingerprint density at radius 2 is 1.62 bits per heavy atom. The molecule has 3 aromatic carbocycles. The van der Waals surface area contributed by atoms with E-state index in [2.05, 4.69) is 10.2 Å². The van der Waals surface area contributed by atoms with Crippen molar-refractivity contribution < 1.29 is 19.4 Å². The number of nitrogens with zero attached hydrogens (tertiary/aromatic N) is 4. The molecule has 37 heavy (non-hydrogen) atoms. The first-order valence-electron chi connectivity index (χ1n) is 11.6. The summed E-state index contributed by atoms with van der Waals surface area (Å²) in [5.74, 6) is 1.26. The van der Waals surface area contributed by atoms with Crippen molar-refractivity contribution in [3.05, 3.63) is 100 Å². The second kappa shape index (κ2) is 9.37. The van der Waals surface area contributed by atoms with Gasteiger partial charge >= 0.3 is 5.97 Å². The first-order chi connectivity index (χ1) is 17.8. The molecule has 4 aromatic rings. The summed E-state index contributed by atoms with van der Waals surface area (Å²) in [6.07, 6.45) is 0. The minimum Gasteiger partial charge on any atom is -0.497 e. The second-order valence-electron chi connectivity index (χ2n) is 8.95. The highest BCUT2D eigenvalue weighted by Gasteiger charge is 2.48. The van der Waals surface area contributed by atoms with E-state index in [4.69, 9.17) is 26.1 Å². The van der Waals surface area contributed by atoms with Crippen molar-refractivity contribution in [1.82, 2.24) is 14.8 Å². The van der Waals surface area contributed by atoms with E-state index in [0.717, 1.165) is 16.8 Å². The lowest BCUT2D eigenvalue weighted by atomic mass is 9.75. The van der Waals surface area contributed by atoms with Crippen LogP contribution in [0.2, 0.25) is 5.02 Å². The van der Waals surface area contributed by atoms with Crippen molar-refractivity contribution in [1.29, 1.82) is 0 Å². The van der Waals surface area contributed by atoms with Crippen LogP contribution < -0.4 is 9.47 Å². The third-order valence-corrected chi connectivity index (χ3v) is 7.10. The van der Waals surface area contributed by atoms with Gasteiger partial charge in [-0.25, -0.2) is 0 Å². The molecule has 5 rings (SSSR count). The van der Waals surface area contributed by atoms with Gasteiger partial charge < -0.3 is 14.6 Å². The molecule has 0 saturated carbocycles. The van der Waals surface area contributed by atoms with Crippen molar-refractivity contribution in [2.24, 2.45) is 4.99 Å². The average Bonchev–Trinajstić information content (AvgIpc) is 3.22. The first-order valence-corrected chi connectivity index (χ1v) is 12.0. The lowest BCUT2D eigenvalue weighted by Gasteiger charge is -2.31. The standard InChI is InChI=1S/C28H25ClN4O4/c1-16-31-32-26-25(28(2,27(34)35)18-7-11-20(36-3)12-8-18)30-24(17-5-9-19(29)10-6-17)22-15-21(37-4)13-14-23(22)33(16)26/h5-15,25H,1-4H3,(H,34,35)/t25-,28?/m1/s1. The van der Waals surface area contributed by atoms with Gasteiger partial charge in [-0.05, 0) is 61.9 Å². The van der Waals surface area contributed by atoms with Gasteiger partial charge in [0, 0.05) is 16.1 Å². The van der Waals surface area contributed by atoms with Gasteiger partial charge in [0.1, 0.15) is 28.8 Å². The summed E-state index contributed by atoms with van der Waals surface area (Å²) in [5, 5.41) is 20.0. The Morgan fingerprint density at radius 3 is 2.24 bits per heavy atom. The number of ether oxygens (including phenoxy) is 2. The number of hydrogen-bond donors (Lipinski definition) is 1. The summed E-state index contributed by atoms with van der Waals surface area (Å²) in [6.45, 7) is 3.50. The topological polar surface area (TPSA) is 98.8 Å². The average molecular weight is 517 g/mol. The molecule has 9 heteroatoms. The number of aryl methyl sites for hydroxylation is 1. The molecule has 0 amide bonds. The summed E-state index contributed by atoms with van der Waals surface area (Å²) in [4.78, 5) is 18.2. The molecule has 0 saturated heterocycles. The highest BCUT2D eigenvalue weighted by Crippen LogP contribution is 2.44. The molecule has 0 bridgehead atoms. The molecule has 1 unspecified atom stereocenters. The SMILES string of the molecule is COc1ccc(C(C)(C(=O)O)[C@@H]2N=C(c3ccc(Cl)cc3)c3cc(OC)ccc3-n3c(C)nnc32)cc1. The van der Waals surface area contributed by atoms with Gasteiger partial charge in [0.15, 0.2) is 5.82 Å².